The molecular formula is C11H8Cl3N3OS2. The van der Waals surface area contributed by atoms with Gasteiger partial charge in [-0.05, 0) is 12.1 Å². The number of nitrogens with zero attached hydrogens (tertiary/aromatic N) is 1. The van der Waals surface area contributed by atoms with Crippen LogP contribution in [-0.2, 0) is 4.79 Å². The van der Waals surface area contributed by atoms with Crippen LogP contribution in [0, 0.1) is 0 Å². The van der Waals surface area contributed by atoms with E-state index >= 15 is 0 Å². The number of nitrogens with one attached hydrogen (secondary N) is 1. The molecule has 9 heteroatoms. The van der Waals surface area contributed by atoms with Crippen molar-refractivity contribution in [2.75, 3.05) is 16.8 Å². The zero-order valence-electron chi connectivity index (χ0n) is 9.82. The van der Waals surface area contributed by atoms with E-state index in [4.69, 9.17) is 40.5 Å². The molecule has 0 fully saturated rings. The van der Waals surface area contributed by atoms with Crippen LogP contribution in [-0.4, -0.2) is 16.6 Å². The molecule has 1 aromatic heterocycles. The number of halogens is 3. The van der Waals surface area contributed by atoms with Gasteiger partial charge in [-0.15, -0.1) is 11.8 Å². The molecule has 2 aromatic rings. The minimum Gasteiger partial charge on any atom is -0.375 e. The maximum Gasteiger partial charge on any atom is 0.234 e. The number of benzene rings is 1. The molecule has 0 radical (unpaired) electrons. The molecule has 0 bridgehead atoms. The second-order valence-corrected chi connectivity index (χ2v) is 7.19. The van der Waals surface area contributed by atoms with Gasteiger partial charge < -0.3 is 11.1 Å². The van der Waals surface area contributed by atoms with Crippen molar-refractivity contribution >= 4 is 74.6 Å². The first kappa shape index (κ1) is 15.7. The Kier molecular flexibility index (Phi) is 5.40. The highest BCUT2D eigenvalue weighted by molar-refractivity contribution is 8.01. The summed E-state index contributed by atoms with van der Waals surface area (Å²) in [6, 6.07) is 3.03. The number of amides is 1. The lowest BCUT2D eigenvalue weighted by molar-refractivity contribution is -0.113. The number of aromatic nitrogens is 1. The normalized spacial score (nSPS) is 10.6. The monoisotopic (exact) mass is 367 g/mol. The van der Waals surface area contributed by atoms with Crippen molar-refractivity contribution in [3.8, 4) is 0 Å². The number of hydrogen-bond acceptors (Lipinski definition) is 5. The standard InChI is InChI=1S/C11H8Cl3N3OS2/c12-5-1-6(13)10(7(14)2-5)17-8(18)4-19-9-3-16-11(15)20-9/h1-3H,4H2,(H2,15,16)(H,17,18). The van der Waals surface area contributed by atoms with Crippen LogP contribution in [0.3, 0.4) is 0 Å². The van der Waals surface area contributed by atoms with Crippen LogP contribution in [0.15, 0.2) is 22.5 Å². The van der Waals surface area contributed by atoms with Crippen molar-refractivity contribution in [1.29, 1.82) is 0 Å². The fourth-order valence-electron chi connectivity index (χ4n) is 1.31. The number of rotatable bonds is 4. The molecule has 2 rings (SSSR count). The Bertz CT molecular complexity index is 625. The van der Waals surface area contributed by atoms with Crippen molar-refractivity contribution in [3.05, 3.63) is 33.4 Å². The summed E-state index contributed by atoms with van der Waals surface area (Å²) < 4.78 is 0.867. The van der Waals surface area contributed by atoms with Crippen molar-refractivity contribution in [1.82, 2.24) is 4.98 Å². The summed E-state index contributed by atoms with van der Waals surface area (Å²) in [5.41, 5.74) is 5.86. The van der Waals surface area contributed by atoms with Crippen LogP contribution in [0.2, 0.25) is 15.1 Å². The minimum absolute atomic E-state index is 0.205. The van der Waals surface area contributed by atoms with E-state index in [9.17, 15) is 4.79 Å². The molecule has 1 heterocycles. The van der Waals surface area contributed by atoms with Gasteiger partial charge in [-0.1, -0.05) is 46.1 Å². The number of thiazole rings is 1. The molecule has 0 aliphatic rings. The molecular weight excluding hydrogens is 361 g/mol. The van der Waals surface area contributed by atoms with Crippen LogP contribution in [0.1, 0.15) is 0 Å². The van der Waals surface area contributed by atoms with E-state index in [1.807, 2.05) is 0 Å². The molecule has 4 nitrogen and oxygen atoms in total. The zero-order valence-corrected chi connectivity index (χ0v) is 13.7. The maximum absolute atomic E-state index is 11.9. The second kappa shape index (κ2) is 6.87. The Morgan fingerprint density at radius 2 is 2.00 bits per heavy atom. The smallest absolute Gasteiger partial charge is 0.234 e. The first-order valence-corrected chi connectivity index (χ1v) is 8.18. The summed E-state index contributed by atoms with van der Waals surface area (Å²) in [6.45, 7) is 0. The average molecular weight is 369 g/mol. The largest absolute Gasteiger partial charge is 0.375 e. The van der Waals surface area contributed by atoms with Crippen LogP contribution < -0.4 is 11.1 Å². The number of anilines is 2. The molecule has 106 valence electrons. The van der Waals surface area contributed by atoms with E-state index in [1.165, 1.54) is 35.2 Å². The molecule has 0 spiro atoms. The van der Waals surface area contributed by atoms with Crippen molar-refractivity contribution < 1.29 is 4.79 Å². The van der Waals surface area contributed by atoms with Gasteiger partial charge >= 0.3 is 0 Å². The van der Waals surface area contributed by atoms with Gasteiger partial charge in [0.25, 0.3) is 0 Å². The summed E-state index contributed by atoms with van der Waals surface area (Å²) in [6.07, 6.45) is 1.63. The third-order valence-corrected chi connectivity index (χ3v) is 4.95. The summed E-state index contributed by atoms with van der Waals surface area (Å²) in [4.78, 5) is 15.8. The Balaban J connectivity index is 1.98. The first-order valence-electron chi connectivity index (χ1n) is 5.24. The topological polar surface area (TPSA) is 68.0 Å². The quantitative estimate of drug-likeness (QED) is 0.784. The average Bonchev–Trinajstić information content (AvgIpc) is 2.77. The molecule has 0 atom stereocenters. The number of thioether (sulfide) groups is 1. The first-order chi connectivity index (χ1) is 9.45. The fourth-order valence-corrected chi connectivity index (χ4v) is 3.78. The van der Waals surface area contributed by atoms with Gasteiger partial charge in [0.05, 0.1) is 31.9 Å². The van der Waals surface area contributed by atoms with E-state index in [2.05, 4.69) is 10.3 Å². The van der Waals surface area contributed by atoms with E-state index in [1.54, 1.807) is 6.20 Å². The number of nitrogens with two attached hydrogens (primary N) is 1. The number of hydrogen-bond donors (Lipinski definition) is 2. The Morgan fingerprint density at radius 1 is 1.35 bits per heavy atom. The van der Waals surface area contributed by atoms with E-state index in [-0.39, 0.29) is 11.7 Å². The van der Waals surface area contributed by atoms with Gasteiger partial charge in [0, 0.05) is 5.02 Å². The van der Waals surface area contributed by atoms with Crippen LogP contribution in [0.4, 0.5) is 10.8 Å². The maximum atomic E-state index is 11.9. The molecule has 0 unspecified atom stereocenters. The highest BCUT2D eigenvalue weighted by atomic mass is 35.5. The van der Waals surface area contributed by atoms with Crippen molar-refractivity contribution in [3.63, 3.8) is 0 Å². The van der Waals surface area contributed by atoms with Crippen molar-refractivity contribution in [2.45, 2.75) is 4.21 Å². The predicted molar refractivity (Wildman–Crippen MR) is 87.4 cm³/mol. The van der Waals surface area contributed by atoms with Gasteiger partial charge in [-0.25, -0.2) is 4.98 Å². The highest BCUT2D eigenvalue weighted by Crippen LogP contribution is 2.34. The van der Waals surface area contributed by atoms with E-state index < -0.39 is 0 Å². The summed E-state index contributed by atoms with van der Waals surface area (Å²) in [5.74, 6) is -0.0233. The number of carbonyl (C=O) groups is 1. The lowest BCUT2D eigenvalue weighted by Gasteiger charge is -2.09. The highest BCUT2D eigenvalue weighted by Gasteiger charge is 2.12. The molecule has 3 N–H and O–H groups in total. The Morgan fingerprint density at radius 3 is 2.55 bits per heavy atom. The molecule has 1 aromatic carbocycles. The summed E-state index contributed by atoms with van der Waals surface area (Å²) in [5, 5.41) is 4.12. The van der Waals surface area contributed by atoms with Gasteiger partial charge in [0.1, 0.15) is 0 Å². The van der Waals surface area contributed by atoms with E-state index in [0.717, 1.165) is 4.21 Å². The number of nitrogen functional groups attached to an aromatic ring is 1. The second-order valence-electron chi connectivity index (χ2n) is 3.60. The van der Waals surface area contributed by atoms with Crippen molar-refractivity contribution in [2.24, 2.45) is 0 Å². The molecule has 0 saturated heterocycles. The lowest BCUT2D eigenvalue weighted by Crippen LogP contribution is -2.14. The molecule has 0 aliphatic heterocycles. The lowest BCUT2D eigenvalue weighted by atomic mass is 10.3. The molecule has 1 amide bonds. The van der Waals surface area contributed by atoms with Gasteiger partial charge in [-0.3, -0.25) is 4.79 Å². The summed E-state index contributed by atoms with van der Waals surface area (Å²) >= 11 is 20.4. The summed E-state index contributed by atoms with van der Waals surface area (Å²) in [7, 11) is 0. The van der Waals surface area contributed by atoms with Gasteiger partial charge in [0.15, 0.2) is 5.13 Å². The zero-order chi connectivity index (χ0) is 14.7. The molecule has 0 aliphatic carbocycles. The van der Waals surface area contributed by atoms with Crippen LogP contribution >= 0.6 is 57.9 Å². The van der Waals surface area contributed by atoms with Gasteiger partial charge in [-0.2, -0.15) is 0 Å². The Hall–Kier alpha value is -0.660. The molecule has 20 heavy (non-hydrogen) atoms. The molecule has 0 saturated carbocycles. The fraction of sp³-hybridized carbons (Fsp3) is 0.0909. The van der Waals surface area contributed by atoms with Crippen LogP contribution in [0.5, 0.6) is 0 Å². The third kappa shape index (κ3) is 4.17. The van der Waals surface area contributed by atoms with E-state index in [0.29, 0.717) is 25.9 Å². The Labute approximate surface area is 138 Å². The SMILES string of the molecule is Nc1ncc(SCC(=O)Nc2c(Cl)cc(Cl)cc2Cl)s1. The predicted octanol–water partition coefficient (Wildman–Crippen LogP) is 4.42. The number of carbonyl (C=O) groups excluding carboxylic acids is 1. The van der Waals surface area contributed by atoms with Crippen LogP contribution in [0.25, 0.3) is 0 Å². The van der Waals surface area contributed by atoms with Gasteiger partial charge in [0.2, 0.25) is 5.91 Å². The minimum atomic E-state index is -0.229. The third-order valence-electron chi connectivity index (χ3n) is 2.12.